The molecule has 1 atom stereocenters. The van der Waals surface area contributed by atoms with Crippen LogP contribution in [0.5, 0.6) is 11.5 Å². The average molecular weight is 414 g/mol. The number of hydrogen-bond acceptors (Lipinski definition) is 6. The van der Waals surface area contributed by atoms with Crippen molar-refractivity contribution >= 4 is 0 Å². The number of aliphatic hydroxyl groups excluding tert-OH is 1. The van der Waals surface area contributed by atoms with Crippen LogP contribution in [0.4, 0.5) is 0 Å². The maximum absolute atomic E-state index is 10.4. The molecule has 1 saturated heterocycles. The number of methoxy groups -OCH3 is 1. The number of aromatic nitrogens is 1. The second-order valence-electron chi connectivity index (χ2n) is 8.29. The van der Waals surface area contributed by atoms with Crippen molar-refractivity contribution in [2.75, 3.05) is 40.4 Å². The molecular formula is C24H35N3O3. The Hall–Kier alpha value is -2.15. The van der Waals surface area contributed by atoms with E-state index in [1.165, 1.54) is 30.4 Å². The van der Waals surface area contributed by atoms with Crippen LogP contribution in [0.3, 0.4) is 0 Å². The maximum Gasteiger partial charge on any atom is 0.161 e. The summed E-state index contributed by atoms with van der Waals surface area (Å²) in [6, 6.07) is 8.08. The van der Waals surface area contributed by atoms with Crippen molar-refractivity contribution < 1.29 is 14.6 Å². The molecule has 1 aromatic heterocycles. The molecular weight excluding hydrogens is 378 g/mol. The number of rotatable bonds is 10. The largest absolute Gasteiger partial charge is 0.493 e. The lowest BCUT2D eigenvalue weighted by Gasteiger charge is -2.28. The van der Waals surface area contributed by atoms with Crippen LogP contribution in [0, 0.1) is 6.92 Å². The topological polar surface area (TPSA) is 58.1 Å². The molecule has 0 radical (unpaired) electrons. The van der Waals surface area contributed by atoms with E-state index in [0.717, 1.165) is 31.7 Å². The van der Waals surface area contributed by atoms with Gasteiger partial charge in [0.15, 0.2) is 11.5 Å². The fraction of sp³-hybridized carbons (Fsp3) is 0.542. The number of β-amino-alcohol motifs (C(OH)–C–C–N with tert-alkyl or cyclic N) is 1. The van der Waals surface area contributed by atoms with Gasteiger partial charge in [-0.3, -0.25) is 9.88 Å². The summed E-state index contributed by atoms with van der Waals surface area (Å²) >= 11 is 0. The van der Waals surface area contributed by atoms with E-state index in [1.54, 1.807) is 7.11 Å². The van der Waals surface area contributed by atoms with Crippen LogP contribution in [0.1, 0.15) is 36.0 Å². The van der Waals surface area contributed by atoms with E-state index in [4.69, 9.17) is 9.47 Å². The molecule has 30 heavy (non-hydrogen) atoms. The molecule has 1 N–H and O–H groups in total. The summed E-state index contributed by atoms with van der Waals surface area (Å²) in [6.45, 7) is 6.80. The fourth-order valence-electron chi connectivity index (χ4n) is 3.95. The van der Waals surface area contributed by atoms with Gasteiger partial charge in [0.05, 0.1) is 7.11 Å². The molecule has 1 fully saturated rings. The van der Waals surface area contributed by atoms with Crippen molar-refractivity contribution in [2.24, 2.45) is 0 Å². The van der Waals surface area contributed by atoms with Crippen LogP contribution >= 0.6 is 0 Å². The monoisotopic (exact) mass is 413 g/mol. The van der Waals surface area contributed by atoms with Gasteiger partial charge in [-0.05, 0) is 74.8 Å². The van der Waals surface area contributed by atoms with Gasteiger partial charge in [-0.25, -0.2) is 0 Å². The molecule has 164 valence electrons. The molecule has 2 aromatic rings. The van der Waals surface area contributed by atoms with Gasteiger partial charge in [-0.2, -0.15) is 0 Å². The summed E-state index contributed by atoms with van der Waals surface area (Å²) in [6.07, 6.45) is 6.96. The first kappa shape index (κ1) is 22.5. The Balaban J connectivity index is 1.56. The third-order valence-electron chi connectivity index (χ3n) is 5.61. The van der Waals surface area contributed by atoms with Crippen LogP contribution in [0.15, 0.2) is 36.7 Å². The first-order chi connectivity index (χ1) is 14.5. The van der Waals surface area contributed by atoms with Crippen molar-refractivity contribution in [3.05, 3.63) is 53.3 Å². The summed E-state index contributed by atoms with van der Waals surface area (Å²) in [7, 11) is 3.75. The van der Waals surface area contributed by atoms with Crippen molar-refractivity contribution in [3.8, 4) is 11.5 Å². The van der Waals surface area contributed by atoms with Gasteiger partial charge in [0, 0.05) is 32.0 Å². The lowest BCUT2D eigenvalue weighted by molar-refractivity contribution is 0.0608. The van der Waals surface area contributed by atoms with E-state index >= 15 is 0 Å². The molecule has 6 nitrogen and oxygen atoms in total. The molecule has 0 saturated carbocycles. The lowest BCUT2D eigenvalue weighted by atomic mass is 10.1. The highest BCUT2D eigenvalue weighted by molar-refractivity contribution is 5.43. The molecule has 0 bridgehead atoms. The third kappa shape index (κ3) is 6.69. The minimum absolute atomic E-state index is 0.266. The van der Waals surface area contributed by atoms with Gasteiger partial charge >= 0.3 is 0 Å². The van der Waals surface area contributed by atoms with Gasteiger partial charge in [-0.1, -0.05) is 12.5 Å². The molecule has 1 aliphatic rings. The predicted molar refractivity (Wildman–Crippen MR) is 119 cm³/mol. The number of hydrogen-bond donors (Lipinski definition) is 1. The number of ether oxygens (including phenoxy) is 2. The van der Waals surface area contributed by atoms with E-state index in [9.17, 15) is 5.11 Å². The minimum atomic E-state index is -0.506. The summed E-state index contributed by atoms with van der Waals surface area (Å²) in [4.78, 5) is 8.75. The molecule has 0 spiro atoms. The maximum atomic E-state index is 10.4. The van der Waals surface area contributed by atoms with Crippen molar-refractivity contribution in [1.82, 2.24) is 14.8 Å². The summed E-state index contributed by atoms with van der Waals surface area (Å²) < 4.78 is 11.4. The van der Waals surface area contributed by atoms with Crippen LogP contribution < -0.4 is 9.47 Å². The first-order valence-corrected chi connectivity index (χ1v) is 10.8. The van der Waals surface area contributed by atoms with E-state index in [1.807, 2.05) is 24.5 Å². The van der Waals surface area contributed by atoms with Crippen LogP contribution in [0.25, 0.3) is 0 Å². The number of pyridine rings is 1. The summed E-state index contributed by atoms with van der Waals surface area (Å²) in [5.74, 6) is 1.37. The molecule has 0 aliphatic carbocycles. The Morgan fingerprint density at radius 3 is 2.67 bits per heavy atom. The summed E-state index contributed by atoms with van der Waals surface area (Å²) in [5.41, 5.74) is 3.62. The Morgan fingerprint density at radius 1 is 1.13 bits per heavy atom. The lowest BCUT2D eigenvalue weighted by Crippen LogP contribution is -2.38. The van der Waals surface area contributed by atoms with E-state index in [0.29, 0.717) is 18.0 Å². The average Bonchev–Trinajstić information content (AvgIpc) is 2.75. The summed E-state index contributed by atoms with van der Waals surface area (Å²) in [5, 5.41) is 10.4. The molecule has 1 unspecified atom stereocenters. The van der Waals surface area contributed by atoms with Gasteiger partial charge in [0.25, 0.3) is 0 Å². The Bertz CT molecular complexity index is 793. The van der Waals surface area contributed by atoms with Crippen molar-refractivity contribution in [3.63, 3.8) is 0 Å². The molecule has 2 heterocycles. The van der Waals surface area contributed by atoms with Gasteiger partial charge in [0.2, 0.25) is 0 Å². The number of piperidine rings is 1. The number of nitrogens with zero attached hydrogens (tertiary/aromatic N) is 3. The third-order valence-corrected chi connectivity index (χ3v) is 5.61. The fourth-order valence-corrected chi connectivity index (χ4v) is 3.95. The second-order valence-corrected chi connectivity index (χ2v) is 8.29. The number of benzene rings is 1. The van der Waals surface area contributed by atoms with Gasteiger partial charge < -0.3 is 19.5 Å². The quantitative estimate of drug-likeness (QED) is 0.645. The SMILES string of the molecule is COc1ccc(CN(C)Cc2ccncc2C)cc1OCC(O)CN1CCCCC1. The normalized spacial score (nSPS) is 15.9. The number of aryl methyl sites for hydroxylation is 1. The Labute approximate surface area is 180 Å². The minimum Gasteiger partial charge on any atom is -0.493 e. The first-order valence-electron chi connectivity index (χ1n) is 10.8. The second kappa shape index (κ2) is 11.3. The number of aliphatic hydroxyl groups is 1. The predicted octanol–water partition coefficient (Wildman–Crippen LogP) is 3.26. The van der Waals surface area contributed by atoms with Gasteiger partial charge in [-0.15, -0.1) is 0 Å². The molecule has 1 aromatic carbocycles. The van der Waals surface area contributed by atoms with Gasteiger partial charge in [0.1, 0.15) is 12.7 Å². The molecule has 6 heteroatoms. The molecule has 3 rings (SSSR count). The van der Waals surface area contributed by atoms with Crippen molar-refractivity contribution in [2.45, 2.75) is 45.4 Å². The van der Waals surface area contributed by atoms with E-state index < -0.39 is 6.10 Å². The highest BCUT2D eigenvalue weighted by atomic mass is 16.5. The van der Waals surface area contributed by atoms with E-state index in [-0.39, 0.29) is 6.61 Å². The molecule has 1 aliphatic heterocycles. The Kier molecular flexibility index (Phi) is 8.49. The van der Waals surface area contributed by atoms with Crippen LogP contribution in [-0.2, 0) is 13.1 Å². The highest BCUT2D eigenvalue weighted by Gasteiger charge is 2.16. The van der Waals surface area contributed by atoms with Crippen molar-refractivity contribution in [1.29, 1.82) is 0 Å². The standard InChI is InChI=1S/C24H35N3O3/c1-19-14-25-10-9-21(19)16-26(2)15-20-7-8-23(29-3)24(13-20)30-18-22(28)17-27-11-5-4-6-12-27/h7-10,13-14,22,28H,4-6,11-12,15-18H2,1-3H3. The smallest absolute Gasteiger partial charge is 0.161 e. The van der Waals surface area contributed by atoms with Crippen LogP contribution in [0.2, 0.25) is 0 Å². The Morgan fingerprint density at radius 2 is 1.93 bits per heavy atom. The number of likely N-dealkylation sites (tertiary alicyclic amines) is 1. The highest BCUT2D eigenvalue weighted by Crippen LogP contribution is 2.29. The zero-order valence-electron chi connectivity index (χ0n) is 18.5. The zero-order chi connectivity index (χ0) is 21.3. The zero-order valence-corrected chi connectivity index (χ0v) is 18.5. The van der Waals surface area contributed by atoms with Crippen LogP contribution in [-0.4, -0.2) is 66.4 Å². The van der Waals surface area contributed by atoms with E-state index in [2.05, 4.69) is 40.9 Å². The molecule has 0 amide bonds.